The van der Waals surface area contributed by atoms with Crippen LogP contribution >= 0.6 is 0 Å². The van der Waals surface area contributed by atoms with Crippen LogP contribution in [0.3, 0.4) is 0 Å². The number of aromatic nitrogens is 2. The summed E-state index contributed by atoms with van der Waals surface area (Å²) >= 11 is 0. The van der Waals surface area contributed by atoms with Crippen LogP contribution in [0.2, 0.25) is 0 Å². The summed E-state index contributed by atoms with van der Waals surface area (Å²) in [7, 11) is 1.67. The van der Waals surface area contributed by atoms with E-state index in [1.54, 1.807) is 25.4 Å². The predicted octanol–water partition coefficient (Wildman–Crippen LogP) is 2.05. The van der Waals surface area contributed by atoms with E-state index in [4.69, 9.17) is 4.74 Å². The molecule has 1 amide bonds. The lowest BCUT2D eigenvalue weighted by molar-refractivity contribution is -0.160. The number of phenolic OH excluding ortho intramolecular Hbond substituents is 1. The van der Waals surface area contributed by atoms with E-state index in [0.717, 1.165) is 44.7 Å². The number of carbonyl (C=O) groups is 1. The van der Waals surface area contributed by atoms with Gasteiger partial charge in [-0.05, 0) is 36.5 Å². The van der Waals surface area contributed by atoms with Crippen molar-refractivity contribution in [2.45, 2.75) is 31.3 Å². The zero-order valence-electron chi connectivity index (χ0n) is 18.6. The Balaban J connectivity index is 1.26. The van der Waals surface area contributed by atoms with Crippen LogP contribution in [0.5, 0.6) is 5.75 Å². The minimum Gasteiger partial charge on any atom is -0.507 e. The van der Waals surface area contributed by atoms with Crippen molar-refractivity contribution >= 4 is 11.6 Å². The first-order valence-electron chi connectivity index (χ1n) is 11.5. The van der Waals surface area contributed by atoms with E-state index in [1.807, 2.05) is 23.1 Å². The molecule has 1 aromatic carbocycles. The summed E-state index contributed by atoms with van der Waals surface area (Å²) in [4.78, 5) is 17.7. The second kappa shape index (κ2) is 8.33. The number of aromatic hydroxyl groups is 1. The SMILES string of the molecule is COC1(C(=O)N2CCC3(CC2)CNC3)CCN(c2cnnc(-c3ccccc3O)c2)CC1. The summed E-state index contributed by atoms with van der Waals surface area (Å²) in [5.74, 6) is 0.326. The molecule has 2 aromatic rings. The van der Waals surface area contributed by atoms with Gasteiger partial charge in [0, 0.05) is 64.8 Å². The number of rotatable bonds is 4. The van der Waals surface area contributed by atoms with Crippen molar-refractivity contribution in [3.05, 3.63) is 36.5 Å². The highest BCUT2D eigenvalue weighted by Gasteiger charge is 2.47. The molecule has 0 saturated carbocycles. The largest absolute Gasteiger partial charge is 0.507 e. The summed E-state index contributed by atoms with van der Waals surface area (Å²) in [6.07, 6.45) is 5.17. The van der Waals surface area contributed by atoms with Crippen LogP contribution in [0.25, 0.3) is 11.3 Å². The third-order valence-corrected chi connectivity index (χ3v) is 7.65. The lowest BCUT2D eigenvalue weighted by Gasteiger charge is -2.50. The topological polar surface area (TPSA) is 90.8 Å². The molecule has 32 heavy (non-hydrogen) atoms. The molecule has 3 aliphatic heterocycles. The molecule has 5 rings (SSSR count). The van der Waals surface area contributed by atoms with Gasteiger partial charge in [0.2, 0.25) is 0 Å². The van der Waals surface area contributed by atoms with E-state index in [9.17, 15) is 9.90 Å². The zero-order chi connectivity index (χ0) is 22.2. The number of phenols is 1. The summed E-state index contributed by atoms with van der Waals surface area (Å²) in [5, 5.41) is 21.9. The molecule has 3 fully saturated rings. The van der Waals surface area contributed by atoms with Gasteiger partial charge in [-0.25, -0.2) is 0 Å². The normalized spacial score (nSPS) is 21.9. The number of likely N-dealkylation sites (tertiary alicyclic amines) is 1. The Morgan fingerprint density at radius 2 is 1.81 bits per heavy atom. The van der Waals surface area contributed by atoms with Gasteiger partial charge in [0.05, 0.1) is 17.6 Å². The third kappa shape index (κ3) is 3.71. The Labute approximate surface area is 188 Å². The monoisotopic (exact) mass is 437 g/mol. The van der Waals surface area contributed by atoms with Gasteiger partial charge in [0.15, 0.2) is 0 Å². The van der Waals surface area contributed by atoms with Crippen molar-refractivity contribution < 1.29 is 14.6 Å². The number of carbonyl (C=O) groups excluding carboxylic acids is 1. The maximum absolute atomic E-state index is 13.5. The van der Waals surface area contributed by atoms with Crippen LogP contribution in [0.4, 0.5) is 5.69 Å². The number of piperidine rings is 2. The van der Waals surface area contributed by atoms with Crippen molar-refractivity contribution in [3.8, 4) is 17.0 Å². The van der Waals surface area contributed by atoms with Crippen LogP contribution in [0.1, 0.15) is 25.7 Å². The van der Waals surface area contributed by atoms with Crippen LogP contribution in [0.15, 0.2) is 36.5 Å². The van der Waals surface area contributed by atoms with E-state index < -0.39 is 5.60 Å². The van der Waals surface area contributed by atoms with Gasteiger partial charge in [-0.1, -0.05) is 12.1 Å². The minimum absolute atomic E-state index is 0.143. The molecule has 0 radical (unpaired) electrons. The van der Waals surface area contributed by atoms with E-state index in [-0.39, 0.29) is 11.7 Å². The van der Waals surface area contributed by atoms with E-state index >= 15 is 0 Å². The first-order valence-corrected chi connectivity index (χ1v) is 11.5. The summed E-state index contributed by atoms with van der Waals surface area (Å²) in [6.45, 7) is 5.23. The molecule has 0 atom stereocenters. The average molecular weight is 438 g/mol. The van der Waals surface area contributed by atoms with Crippen molar-refractivity contribution in [1.82, 2.24) is 20.4 Å². The van der Waals surface area contributed by atoms with Crippen molar-refractivity contribution in [3.63, 3.8) is 0 Å². The Morgan fingerprint density at radius 1 is 1.09 bits per heavy atom. The molecule has 170 valence electrons. The lowest BCUT2D eigenvalue weighted by atomic mass is 9.73. The first kappa shape index (κ1) is 21.2. The molecule has 1 aromatic heterocycles. The molecule has 0 bridgehead atoms. The van der Waals surface area contributed by atoms with Gasteiger partial charge < -0.3 is 25.0 Å². The summed E-state index contributed by atoms with van der Waals surface area (Å²) in [6, 6.07) is 9.07. The number of para-hydroxylation sites is 1. The molecular weight excluding hydrogens is 406 g/mol. The number of anilines is 1. The van der Waals surface area contributed by atoms with Gasteiger partial charge in [-0.2, -0.15) is 10.2 Å². The standard InChI is InChI=1S/C24H31N5O3/c1-32-24(22(31)29-10-6-23(7-11-29)16-25-17-23)8-12-28(13-9-24)18-14-20(27-26-15-18)19-4-2-3-5-21(19)30/h2-5,14-15,25,30H,6-13,16-17H2,1H3. The molecule has 3 aliphatic rings. The van der Waals surface area contributed by atoms with Crippen LogP contribution in [0, 0.1) is 5.41 Å². The summed E-state index contributed by atoms with van der Waals surface area (Å²) in [5.41, 5.74) is 1.89. The van der Waals surface area contributed by atoms with Crippen molar-refractivity contribution in [1.29, 1.82) is 0 Å². The number of hydrogen-bond acceptors (Lipinski definition) is 7. The van der Waals surface area contributed by atoms with Crippen molar-refractivity contribution in [2.75, 3.05) is 51.3 Å². The maximum atomic E-state index is 13.5. The zero-order valence-corrected chi connectivity index (χ0v) is 18.6. The van der Waals surface area contributed by atoms with Gasteiger partial charge in [-0.3, -0.25) is 4.79 Å². The molecule has 0 unspecified atom stereocenters. The van der Waals surface area contributed by atoms with Gasteiger partial charge in [0.25, 0.3) is 5.91 Å². The predicted molar refractivity (Wildman–Crippen MR) is 121 cm³/mol. The molecule has 4 heterocycles. The van der Waals surface area contributed by atoms with Crippen LogP contribution in [-0.4, -0.2) is 78.1 Å². The Bertz CT molecular complexity index is 975. The van der Waals surface area contributed by atoms with Gasteiger partial charge in [0.1, 0.15) is 11.4 Å². The Hall–Kier alpha value is -2.71. The number of benzene rings is 1. The number of methoxy groups -OCH3 is 1. The highest BCUT2D eigenvalue weighted by molar-refractivity contribution is 5.86. The van der Waals surface area contributed by atoms with Crippen LogP contribution in [-0.2, 0) is 9.53 Å². The lowest BCUT2D eigenvalue weighted by Crippen LogP contribution is -2.62. The van der Waals surface area contributed by atoms with E-state index in [0.29, 0.717) is 42.6 Å². The fourth-order valence-electron chi connectivity index (χ4n) is 5.29. The van der Waals surface area contributed by atoms with Crippen LogP contribution < -0.4 is 10.2 Å². The number of ether oxygens (including phenoxy) is 1. The fourth-order valence-corrected chi connectivity index (χ4v) is 5.29. The molecule has 2 N–H and O–H groups in total. The molecule has 8 heteroatoms. The Kier molecular flexibility index (Phi) is 5.51. The van der Waals surface area contributed by atoms with Gasteiger partial charge in [-0.15, -0.1) is 0 Å². The average Bonchev–Trinajstić information content (AvgIpc) is 2.83. The smallest absolute Gasteiger partial charge is 0.254 e. The summed E-state index contributed by atoms with van der Waals surface area (Å²) < 4.78 is 5.89. The van der Waals surface area contributed by atoms with E-state index in [2.05, 4.69) is 20.4 Å². The molecule has 3 saturated heterocycles. The number of amides is 1. The molecule has 8 nitrogen and oxygen atoms in total. The minimum atomic E-state index is -0.750. The van der Waals surface area contributed by atoms with Gasteiger partial charge >= 0.3 is 0 Å². The number of nitrogens with one attached hydrogen (secondary N) is 1. The second-order valence-corrected chi connectivity index (χ2v) is 9.40. The molecular formula is C24H31N5O3. The maximum Gasteiger partial charge on any atom is 0.254 e. The number of hydrogen-bond donors (Lipinski definition) is 2. The Morgan fingerprint density at radius 3 is 2.44 bits per heavy atom. The quantitative estimate of drug-likeness (QED) is 0.756. The highest BCUT2D eigenvalue weighted by atomic mass is 16.5. The van der Waals surface area contributed by atoms with E-state index in [1.165, 1.54) is 0 Å². The molecule has 0 aliphatic carbocycles. The van der Waals surface area contributed by atoms with Crippen molar-refractivity contribution in [2.24, 2.45) is 5.41 Å². The fraction of sp³-hybridized carbons (Fsp3) is 0.542. The molecule has 1 spiro atoms. The highest BCUT2D eigenvalue weighted by Crippen LogP contribution is 2.38. The third-order valence-electron chi connectivity index (χ3n) is 7.65. The number of nitrogens with zero attached hydrogens (tertiary/aromatic N) is 4. The first-order chi connectivity index (χ1) is 15.5. The second-order valence-electron chi connectivity index (χ2n) is 9.40.